The number of nitrogens with one attached hydrogen (secondary N) is 4. The van der Waals surface area contributed by atoms with Crippen LogP contribution in [-0.2, 0) is 24.0 Å². The number of thioether (sulfide) groups is 1. The van der Waals surface area contributed by atoms with E-state index in [1.165, 1.54) is 12.4 Å². The van der Waals surface area contributed by atoms with Crippen LogP contribution < -0.4 is 21.2 Å². The topological polar surface area (TPSA) is 229 Å². The van der Waals surface area contributed by atoms with E-state index in [2.05, 4.69) is 30.3 Å². The van der Waals surface area contributed by atoms with Gasteiger partial charge in [-0.1, -0.05) is 5.16 Å². The van der Waals surface area contributed by atoms with Gasteiger partial charge in [0.2, 0.25) is 0 Å². The van der Waals surface area contributed by atoms with Crippen molar-refractivity contribution in [2.24, 2.45) is 10.9 Å². The van der Waals surface area contributed by atoms with Crippen LogP contribution >= 0.6 is 23.1 Å². The summed E-state index contributed by atoms with van der Waals surface area (Å²) < 4.78 is 4.65. The maximum absolute atomic E-state index is 12.8. The van der Waals surface area contributed by atoms with Gasteiger partial charge in [-0.3, -0.25) is 24.7 Å². The molecule has 1 saturated heterocycles. The van der Waals surface area contributed by atoms with Gasteiger partial charge in [0.05, 0.1) is 5.69 Å². The second kappa shape index (κ2) is 9.74. The van der Waals surface area contributed by atoms with E-state index in [4.69, 9.17) is 11.1 Å². The maximum Gasteiger partial charge on any atom is 0.433 e. The monoisotopic (exact) mass is 499 g/mol. The highest BCUT2D eigenvalue weighted by atomic mass is 32.2. The van der Waals surface area contributed by atoms with Crippen LogP contribution in [0.4, 0.5) is 9.59 Å². The van der Waals surface area contributed by atoms with Crippen LogP contribution in [0.15, 0.2) is 21.8 Å². The van der Waals surface area contributed by atoms with Crippen molar-refractivity contribution < 1.29 is 38.7 Å². The van der Waals surface area contributed by atoms with E-state index >= 15 is 0 Å². The van der Waals surface area contributed by atoms with Crippen LogP contribution in [0.25, 0.3) is 0 Å². The van der Waals surface area contributed by atoms with Crippen LogP contribution in [0.2, 0.25) is 0 Å². The number of hydrogen-bond donors (Lipinski definition) is 6. The zero-order valence-corrected chi connectivity index (χ0v) is 18.4. The second-order valence-electron chi connectivity index (χ2n) is 6.40. The lowest BCUT2D eigenvalue weighted by Gasteiger charge is -2.49. The number of primary amides is 1. The molecule has 1 aromatic heterocycles. The summed E-state index contributed by atoms with van der Waals surface area (Å²) in [6, 6.07) is -1.10. The van der Waals surface area contributed by atoms with E-state index in [9.17, 15) is 29.1 Å². The van der Waals surface area contributed by atoms with Crippen molar-refractivity contribution in [3.05, 3.63) is 27.1 Å². The third-order valence-electron chi connectivity index (χ3n) is 4.36. The molecule has 33 heavy (non-hydrogen) atoms. The Kier molecular flexibility index (Phi) is 7.02. The highest BCUT2D eigenvalue weighted by Crippen LogP contribution is 2.40. The Morgan fingerprint density at radius 2 is 2.15 bits per heavy atom. The zero-order valence-electron chi connectivity index (χ0n) is 16.7. The van der Waals surface area contributed by atoms with Crippen LogP contribution in [0.3, 0.4) is 0 Å². The maximum atomic E-state index is 12.8. The number of ether oxygens (including phenoxy) is 1. The number of nitrogens with zero attached hydrogens (tertiary/aromatic N) is 2. The lowest BCUT2D eigenvalue weighted by molar-refractivity contribution is -0.150. The molecule has 0 saturated carbocycles. The van der Waals surface area contributed by atoms with Gasteiger partial charge in [0.25, 0.3) is 11.8 Å². The van der Waals surface area contributed by atoms with Crippen LogP contribution in [0, 0.1) is 5.41 Å². The number of rotatable bonds is 7. The molecule has 17 heteroatoms. The largest absolute Gasteiger partial charge is 0.477 e. The molecular formula is C16H17N7O8S2. The fourth-order valence-corrected chi connectivity index (χ4v) is 4.82. The van der Waals surface area contributed by atoms with Crippen LogP contribution in [0.1, 0.15) is 5.69 Å². The standard InChI is InChI=1S/C16H17N7O8S2/c1-19-16(29)31-22-7(6-4-33-14(17)20-6)10(24)21-8-11(25)23-9(13(26)27)5(2-30-15(18)28)3-32-12(8)23/h4,8,12H,2-3H2,1H3,(H2,17,20)(H2,18,28)(H,19,29)(H,21,24)(H,26,27)/t8?,12-/m0/s1. The molecule has 1 fully saturated rings. The van der Waals surface area contributed by atoms with Gasteiger partial charge in [-0.05, 0) is 0 Å². The van der Waals surface area contributed by atoms with Gasteiger partial charge >= 0.3 is 18.2 Å². The first-order chi connectivity index (χ1) is 15.6. The van der Waals surface area contributed by atoms with Crippen LogP contribution in [-0.4, -0.2) is 81.5 Å². The molecule has 0 radical (unpaired) electrons. The minimum atomic E-state index is -1.40. The quantitative estimate of drug-likeness (QED) is 0.110. The third kappa shape index (κ3) is 4.98. The summed E-state index contributed by atoms with van der Waals surface area (Å²) in [6.07, 6.45) is -2.04. The number of carbonyl (C=O) groups is 5. The fraction of sp³-hybridized carbons (Fsp3) is 0.312. The zero-order chi connectivity index (χ0) is 24.3. The molecular weight excluding hydrogens is 482 g/mol. The summed E-state index contributed by atoms with van der Waals surface area (Å²) in [5.74, 6) is -2.90. The predicted octanol–water partition coefficient (Wildman–Crippen LogP) is -1.55. The SMILES string of the molecule is CNC(=O)ON=C(C(=O)NC1C(=O)N2C(C(=O)O)=C(COC(N)=O)CS[C@@H]12)c1csc(=N)[nH]1. The number of H-pyrrole nitrogens is 1. The molecule has 1 unspecified atom stereocenters. The van der Waals surface area contributed by atoms with Crippen molar-refractivity contribution in [2.45, 2.75) is 11.4 Å². The number of oxime groups is 1. The average molecular weight is 499 g/mol. The minimum absolute atomic E-state index is 0.00104. The van der Waals surface area contributed by atoms with Crippen molar-refractivity contribution in [3.63, 3.8) is 0 Å². The summed E-state index contributed by atoms with van der Waals surface area (Å²) >= 11 is 2.10. The first-order valence-corrected chi connectivity index (χ1v) is 10.9. The summed E-state index contributed by atoms with van der Waals surface area (Å²) in [5.41, 5.74) is 4.42. The van der Waals surface area contributed by atoms with Crippen molar-refractivity contribution in [1.82, 2.24) is 20.5 Å². The minimum Gasteiger partial charge on any atom is -0.477 e. The van der Waals surface area contributed by atoms with E-state index in [0.717, 1.165) is 28.0 Å². The van der Waals surface area contributed by atoms with Gasteiger partial charge in [-0.2, -0.15) is 0 Å². The Balaban J connectivity index is 1.80. The van der Waals surface area contributed by atoms with E-state index in [1.807, 2.05) is 0 Å². The number of hydrogen-bond acceptors (Lipinski definition) is 11. The fourth-order valence-electron chi connectivity index (χ4n) is 2.92. The van der Waals surface area contributed by atoms with Gasteiger partial charge in [-0.25, -0.2) is 14.4 Å². The molecule has 0 bridgehead atoms. The van der Waals surface area contributed by atoms with Crippen molar-refractivity contribution in [3.8, 4) is 0 Å². The number of carbonyl (C=O) groups excluding carboxylic acids is 4. The number of amides is 4. The Morgan fingerprint density at radius 3 is 2.73 bits per heavy atom. The normalized spacial score (nSPS) is 19.8. The number of carboxylic acids is 1. The van der Waals surface area contributed by atoms with Gasteiger partial charge in [0, 0.05) is 23.8 Å². The Bertz CT molecular complexity index is 1140. The van der Waals surface area contributed by atoms with Gasteiger partial charge in [0.1, 0.15) is 23.7 Å². The molecule has 0 aromatic carbocycles. The van der Waals surface area contributed by atoms with Crippen LogP contribution in [0.5, 0.6) is 0 Å². The number of aromatic amines is 1. The Morgan fingerprint density at radius 1 is 1.42 bits per heavy atom. The molecule has 176 valence electrons. The molecule has 1 aromatic rings. The van der Waals surface area contributed by atoms with Gasteiger partial charge in [-0.15, -0.1) is 23.1 Å². The van der Waals surface area contributed by atoms with Gasteiger partial charge < -0.3 is 31.2 Å². The summed E-state index contributed by atoms with van der Waals surface area (Å²) in [6.45, 7) is -0.394. The molecule has 0 aliphatic carbocycles. The molecule has 0 spiro atoms. The number of β-lactam (4-membered cyclic amide) rings is 1. The molecule has 7 N–H and O–H groups in total. The van der Waals surface area contributed by atoms with Crippen molar-refractivity contribution >= 4 is 58.8 Å². The third-order valence-corrected chi connectivity index (χ3v) is 6.39. The highest BCUT2D eigenvalue weighted by molar-refractivity contribution is 8.00. The first kappa shape index (κ1) is 23.8. The summed E-state index contributed by atoms with van der Waals surface area (Å²) in [5, 5.41) is 25.9. The predicted molar refractivity (Wildman–Crippen MR) is 112 cm³/mol. The number of aliphatic carboxylic acids is 1. The summed E-state index contributed by atoms with van der Waals surface area (Å²) in [7, 11) is 1.29. The molecule has 2 atom stereocenters. The molecule has 2 aliphatic rings. The lowest BCUT2D eigenvalue weighted by atomic mass is 10.0. The van der Waals surface area contributed by atoms with E-state index in [-0.39, 0.29) is 27.5 Å². The van der Waals surface area contributed by atoms with E-state index in [1.54, 1.807) is 0 Å². The summed E-state index contributed by atoms with van der Waals surface area (Å²) in [4.78, 5) is 67.6. The Hall–Kier alpha value is -3.86. The number of fused-ring (bicyclic) bond motifs is 1. The molecule has 3 heterocycles. The van der Waals surface area contributed by atoms with Gasteiger partial charge in [0.15, 0.2) is 10.5 Å². The number of aromatic nitrogens is 1. The lowest BCUT2D eigenvalue weighted by Crippen LogP contribution is -2.71. The molecule has 4 amide bonds. The number of thiazole rings is 1. The first-order valence-electron chi connectivity index (χ1n) is 8.96. The smallest absolute Gasteiger partial charge is 0.433 e. The van der Waals surface area contributed by atoms with Crippen molar-refractivity contribution in [1.29, 1.82) is 5.41 Å². The highest BCUT2D eigenvalue weighted by Gasteiger charge is 2.54. The van der Waals surface area contributed by atoms with E-state index in [0.29, 0.717) is 0 Å². The second-order valence-corrected chi connectivity index (χ2v) is 8.38. The Labute approximate surface area is 192 Å². The molecule has 15 nitrogen and oxygen atoms in total. The number of carboxylic acid groups (broad SMARTS) is 1. The molecule has 2 aliphatic heterocycles. The van der Waals surface area contributed by atoms with Crippen molar-refractivity contribution in [2.75, 3.05) is 19.4 Å². The average Bonchev–Trinajstić information content (AvgIpc) is 3.20. The molecule has 3 rings (SSSR count). The van der Waals surface area contributed by atoms with E-state index < -0.39 is 53.7 Å². The number of nitrogens with two attached hydrogens (primary N) is 1.